The highest BCUT2D eigenvalue weighted by atomic mass is 35.5. The van der Waals surface area contributed by atoms with Crippen LogP contribution in [-0.4, -0.2) is 16.7 Å². The van der Waals surface area contributed by atoms with Crippen molar-refractivity contribution in [2.24, 2.45) is 5.73 Å². The molecule has 1 aliphatic carbocycles. The summed E-state index contributed by atoms with van der Waals surface area (Å²) >= 11 is 12.4. The normalized spacial score (nSPS) is 14.9. The summed E-state index contributed by atoms with van der Waals surface area (Å²) in [6.45, 7) is 0. The van der Waals surface area contributed by atoms with Crippen molar-refractivity contribution in [2.75, 3.05) is 5.32 Å². The molecule has 0 saturated carbocycles. The molecule has 19 heavy (non-hydrogen) atoms. The van der Waals surface area contributed by atoms with Crippen molar-refractivity contribution < 1.29 is 9.59 Å². The van der Waals surface area contributed by atoms with E-state index in [9.17, 15) is 9.59 Å². The maximum Gasteiger partial charge on any atom is 0.258 e. The average Bonchev–Trinajstić information content (AvgIpc) is 2.51. The van der Waals surface area contributed by atoms with E-state index in [-0.39, 0.29) is 0 Å². The Morgan fingerprint density at radius 3 is 2.53 bits per heavy atom. The predicted molar refractivity (Wildman–Crippen MR) is 78.2 cm³/mol. The number of aryl methyl sites for hydroxylation is 1. The number of thiophene rings is 1. The molecule has 0 saturated heterocycles. The Morgan fingerprint density at radius 1 is 1.21 bits per heavy atom. The summed E-state index contributed by atoms with van der Waals surface area (Å²) in [5.41, 5.74) is 6.83. The van der Waals surface area contributed by atoms with Gasteiger partial charge in [-0.3, -0.25) is 9.59 Å². The molecule has 7 heteroatoms. The van der Waals surface area contributed by atoms with E-state index in [0.29, 0.717) is 10.6 Å². The summed E-state index contributed by atoms with van der Waals surface area (Å²) in [6.07, 6.45) is 5.01. The number of hydrogen-bond donors (Lipinski definition) is 2. The average molecular weight is 321 g/mol. The van der Waals surface area contributed by atoms with Crippen molar-refractivity contribution in [1.82, 2.24) is 0 Å². The molecule has 104 valence electrons. The van der Waals surface area contributed by atoms with Crippen LogP contribution in [0, 0.1) is 0 Å². The molecule has 0 atom stereocenters. The molecule has 1 heterocycles. The van der Waals surface area contributed by atoms with Crippen molar-refractivity contribution in [3.63, 3.8) is 0 Å². The fourth-order valence-electron chi connectivity index (χ4n) is 2.26. The highest BCUT2D eigenvalue weighted by Gasteiger charge is 2.25. The van der Waals surface area contributed by atoms with Crippen LogP contribution in [0.3, 0.4) is 0 Å². The summed E-state index contributed by atoms with van der Waals surface area (Å²) in [4.78, 5) is 23.1. The third-order valence-electron chi connectivity index (χ3n) is 3.10. The molecule has 0 bridgehead atoms. The van der Waals surface area contributed by atoms with Crippen molar-refractivity contribution >= 4 is 51.4 Å². The zero-order valence-electron chi connectivity index (χ0n) is 10.2. The van der Waals surface area contributed by atoms with Crippen LogP contribution in [0.4, 0.5) is 5.00 Å². The Labute approximate surface area is 125 Å². The number of hydrogen-bond acceptors (Lipinski definition) is 3. The van der Waals surface area contributed by atoms with Gasteiger partial charge in [0.05, 0.1) is 5.56 Å². The highest BCUT2D eigenvalue weighted by molar-refractivity contribution is 7.17. The molecule has 3 N–H and O–H groups in total. The van der Waals surface area contributed by atoms with Crippen molar-refractivity contribution in [2.45, 2.75) is 36.9 Å². The lowest BCUT2D eigenvalue weighted by atomic mass is 10.1. The first-order chi connectivity index (χ1) is 9.00. The van der Waals surface area contributed by atoms with Gasteiger partial charge in [-0.05, 0) is 31.2 Å². The molecule has 1 aromatic rings. The number of anilines is 1. The molecular formula is C12H14Cl2N2O2S. The molecule has 2 amide bonds. The quantitative estimate of drug-likeness (QED) is 0.664. The van der Waals surface area contributed by atoms with Crippen LogP contribution in [0.1, 0.15) is 40.1 Å². The van der Waals surface area contributed by atoms with Crippen molar-refractivity contribution in [3.8, 4) is 0 Å². The van der Waals surface area contributed by atoms with Gasteiger partial charge in [0.1, 0.15) is 5.00 Å². The van der Waals surface area contributed by atoms with Crippen LogP contribution in [0.2, 0.25) is 0 Å². The van der Waals surface area contributed by atoms with Crippen molar-refractivity contribution in [3.05, 3.63) is 16.0 Å². The Kier molecular flexibility index (Phi) is 4.71. The van der Waals surface area contributed by atoms with E-state index >= 15 is 0 Å². The van der Waals surface area contributed by atoms with Gasteiger partial charge in [0.25, 0.3) is 11.8 Å². The van der Waals surface area contributed by atoms with E-state index in [2.05, 4.69) is 5.32 Å². The van der Waals surface area contributed by atoms with Crippen LogP contribution in [0.15, 0.2) is 0 Å². The van der Waals surface area contributed by atoms with Gasteiger partial charge in [0.2, 0.25) is 0 Å². The first-order valence-corrected chi connectivity index (χ1v) is 7.73. The van der Waals surface area contributed by atoms with Gasteiger partial charge in [-0.25, -0.2) is 0 Å². The Bertz CT molecular complexity index is 514. The molecule has 4 nitrogen and oxygen atoms in total. The zero-order valence-corrected chi connectivity index (χ0v) is 12.5. The molecule has 1 aliphatic rings. The van der Waals surface area contributed by atoms with Gasteiger partial charge in [-0.2, -0.15) is 0 Å². The van der Waals surface area contributed by atoms with E-state index < -0.39 is 16.7 Å². The molecule has 0 unspecified atom stereocenters. The van der Waals surface area contributed by atoms with Gasteiger partial charge in [-0.15, -0.1) is 11.3 Å². The molecule has 0 aliphatic heterocycles. The number of halogens is 2. The monoisotopic (exact) mass is 320 g/mol. The zero-order chi connectivity index (χ0) is 14.0. The largest absolute Gasteiger partial charge is 0.365 e. The second-order valence-corrected chi connectivity index (χ2v) is 6.62. The SMILES string of the molecule is NC(=O)c1c(NC(=O)C(Cl)Cl)sc2c1CCCCC2. The predicted octanol–water partition coefficient (Wildman–Crippen LogP) is 2.86. The fourth-order valence-corrected chi connectivity index (χ4v) is 3.66. The van der Waals surface area contributed by atoms with Crippen LogP contribution in [0.25, 0.3) is 0 Å². The molecule has 1 aromatic heterocycles. The summed E-state index contributed by atoms with van der Waals surface area (Å²) in [7, 11) is 0. The first kappa shape index (κ1) is 14.6. The Morgan fingerprint density at radius 2 is 1.89 bits per heavy atom. The number of fused-ring (bicyclic) bond motifs is 1. The second-order valence-electron chi connectivity index (χ2n) is 4.42. The summed E-state index contributed by atoms with van der Waals surface area (Å²) in [6, 6.07) is 0. The number of carbonyl (C=O) groups is 2. The van der Waals surface area contributed by atoms with Crippen LogP contribution < -0.4 is 11.1 Å². The molecule has 0 fully saturated rings. The summed E-state index contributed by atoms with van der Waals surface area (Å²) in [5.74, 6) is -1.06. The summed E-state index contributed by atoms with van der Waals surface area (Å²) < 4.78 is 0. The lowest BCUT2D eigenvalue weighted by molar-refractivity contribution is -0.114. The molecule has 0 radical (unpaired) electrons. The van der Waals surface area contributed by atoms with Crippen LogP contribution in [0.5, 0.6) is 0 Å². The third-order valence-corrected chi connectivity index (χ3v) is 4.71. The van der Waals surface area contributed by atoms with Gasteiger partial charge in [0, 0.05) is 4.88 Å². The Hall–Kier alpha value is -0.780. The van der Waals surface area contributed by atoms with Gasteiger partial charge in [0.15, 0.2) is 4.84 Å². The minimum Gasteiger partial charge on any atom is -0.365 e. The lowest BCUT2D eigenvalue weighted by Crippen LogP contribution is -2.21. The van der Waals surface area contributed by atoms with E-state index in [1.54, 1.807) is 0 Å². The van der Waals surface area contributed by atoms with E-state index in [0.717, 1.165) is 42.5 Å². The first-order valence-electron chi connectivity index (χ1n) is 6.04. The number of primary amides is 1. The maximum atomic E-state index is 11.6. The van der Waals surface area contributed by atoms with Gasteiger partial charge in [-0.1, -0.05) is 29.6 Å². The molecule has 0 spiro atoms. The van der Waals surface area contributed by atoms with E-state index in [1.807, 2.05) is 0 Å². The third kappa shape index (κ3) is 3.22. The minimum absolute atomic E-state index is 0.421. The number of nitrogens with two attached hydrogens (primary N) is 1. The van der Waals surface area contributed by atoms with Crippen LogP contribution in [-0.2, 0) is 17.6 Å². The van der Waals surface area contributed by atoms with Crippen molar-refractivity contribution in [1.29, 1.82) is 0 Å². The van der Waals surface area contributed by atoms with E-state index in [4.69, 9.17) is 28.9 Å². The molecular weight excluding hydrogens is 307 g/mol. The second kappa shape index (κ2) is 6.11. The van der Waals surface area contributed by atoms with Gasteiger partial charge < -0.3 is 11.1 Å². The number of amides is 2. The van der Waals surface area contributed by atoms with E-state index in [1.165, 1.54) is 11.3 Å². The number of nitrogens with one attached hydrogen (secondary N) is 1. The Balaban J connectivity index is 2.38. The number of rotatable bonds is 3. The number of carbonyl (C=O) groups excluding carboxylic acids is 2. The molecule has 2 rings (SSSR count). The summed E-state index contributed by atoms with van der Waals surface area (Å²) in [5, 5.41) is 3.05. The molecule has 0 aromatic carbocycles. The van der Waals surface area contributed by atoms with Gasteiger partial charge >= 0.3 is 0 Å². The smallest absolute Gasteiger partial charge is 0.258 e. The maximum absolute atomic E-state index is 11.6. The minimum atomic E-state index is -1.16. The standard InChI is InChI=1S/C12H14Cl2N2O2S/c13-9(14)11(18)16-12-8(10(15)17)6-4-2-1-3-5-7(6)19-12/h9H,1-5H2,(H2,15,17)(H,16,18). The topological polar surface area (TPSA) is 72.2 Å². The lowest BCUT2D eigenvalue weighted by Gasteiger charge is -2.06. The van der Waals surface area contributed by atoms with Crippen LogP contribution >= 0.6 is 34.5 Å². The fraction of sp³-hybridized carbons (Fsp3) is 0.500. The number of alkyl halides is 2. The highest BCUT2D eigenvalue weighted by Crippen LogP contribution is 2.37.